The van der Waals surface area contributed by atoms with Crippen LogP contribution in [0.4, 0.5) is 0 Å². The maximum atomic E-state index is 11.3. The van der Waals surface area contributed by atoms with Crippen LogP contribution in [0.1, 0.15) is 5.56 Å². The van der Waals surface area contributed by atoms with Crippen LogP contribution in [0, 0.1) is 6.92 Å². The van der Waals surface area contributed by atoms with Crippen LogP contribution in [-0.2, 0) is 0 Å². The first-order valence-corrected chi connectivity index (χ1v) is 4.70. The van der Waals surface area contributed by atoms with Crippen molar-refractivity contribution in [2.24, 2.45) is 0 Å². The van der Waals surface area contributed by atoms with Crippen molar-refractivity contribution in [3.05, 3.63) is 43.1 Å². The summed E-state index contributed by atoms with van der Waals surface area (Å²) in [6, 6.07) is 3.35. The Bertz CT molecular complexity index is 611. The summed E-state index contributed by atoms with van der Waals surface area (Å²) in [5.74, 6) is -0.732. The third-order valence-corrected chi connectivity index (χ3v) is 2.80. The number of aryl methyl sites for hydroxylation is 1. The molecule has 72 valence electrons. The fourth-order valence-corrected chi connectivity index (χ4v) is 1.57. The molecule has 0 aliphatic carbocycles. The third-order valence-electron chi connectivity index (χ3n) is 1.94. The van der Waals surface area contributed by atoms with Crippen LogP contribution in [0.3, 0.4) is 0 Å². The van der Waals surface area contributed by atoms with Gasteiger partial charge in [0.25, 0.3) is 0 Å². The number of hydrogen-bond donors (Lipinski definition) is 1. The third kappa shape index (κ3) is 1.39. The maximum absolute atomic E-state index is 11.3. The van der Waals surface area contributed by atoms with Gasteiger partial charge in [0, 0.05) is 4.47 Å². The van der Waals surface area contributed by atoms with Crippen molar-refractivity contribution in [2.45, 2.75) is 6.92 Å². The second-order valence-corrected chi connectivity index (χ2v) is 3.80. The number of nitrogens with one attached hydrogen (secondary N) is 1. The van der Waals surface area contributed by atoms with Gasteiger partial charge >= 0.3 is 11.4 Å². The van der Waals surface area contributed by atoms with E-state index in [0.717, 1.165) is 10.0 Å². The fourth-order valence-electron chi connectivity index (χ4n) is 1.23. The second kappa shape index (κ2) is 3.09. The van der Waals surface area contributed by atoms with E-state index in [-0.39, 0.29) is 0 Å². The molecule has 4 nitrogen and oxygen atoms in total. The lowest BCUT2D eigenvalue weighted by Crippen LogP contribution is -2.14. The Morgan fingerprint density at radius 3 is 2.79 bits per heavy atom. The van der Waals surface area contributed by atoms with E-state index in [4.69, 9.17) is 0 Å². The zero-order valence-electron chi connectivity index (χ0n) is 7.26. The Kier molecular flexibility index (Phi) is 2.03. The SMILES string of the molecule is Cc1cc2[nH]c(=O)oc(=O)c2cc1Br. The van der Waals surface area contributed by atoms with Crippen LogP contribution in [0.25, 0.3) is 10.9 Å². The Hall–Kier alpha value is -1.36. The van der Waals surface area contributed by atoms with Crippen molar-refractivity contribution < 1.29 is 4.42 Å². The van der Waals surface area contributed by atoms with Crippen LogP contribution in [0.15, 0.2) is 30.6 Å². The smallest absolute Gasteiger partial charge is 0.372 e. The Morgan fingerprint density at radius 1 is 1.36 bits per heavy atom. The zero-order chi connectivity index (χ0) is 10.3. The molecule has 1 N–H and O–H groups in total. The minimum Gasteiger partial charge on any atom is -0.372 e. The predicted molar refractivity (Wildman–Crippen MR) is 55.5 cm³/mol. The van der Waals surface area contributed by atoms with E-state index >= 15 is 0 Å². The van der Waals surface area contributed by atoms with E-state index in [2.05, 4.69) is 25.3 Å². The number of aromatic amines is 1. The van der Waals surface area contributed by atoms with Gasteiger partial charge in [-0.2, -0.15) is 0 Å². The highest BCUT2D eigenvalue weighted by Gasteiger charge is 2.04. The van der Waals surface area contributed by atoms with E-state index in [9.17, 15) is 9.59 Å². The molecule has 1 heterocycles. The van der Waals surface area contributed by atoms with Crippen molar-refractivity contribution in [3.8, 4) is 0 Å². The molecule has 0 atom stereocenters. The van der Waals surface area contributed by atoms with Gasteiger partial charge in [-0.1, -0.05) is 15.9 Å². The molecule has 14 heavy (non-hydrogen) atoms. The van der Waals surface area contributed by atoms with Gasteiger partial charge in [0.1, 0.15) is 0 Å². The minimum absolute atomic E-state index is 0.363. The molecule has 0 bridgehead atoms. The molecule has 2 rings (SSSR count). The van der Waals surface area contributed by atoms with Crippen molar-refractivity contribution >= 4 is 26.8 Å². The lowest BCUT2D eigenvalue weighted by atomic mass is 10.2. The van der Waals surface area contributed by atoms with E-state index in [0.29, 0.717) is 10.9 Å². The predicted octanol–water partition coefficient (Wildman–Crippen LogP) is 1.55. The summed E-state index contributed by atoms with van der Waals surface area (Å²) < 4.78 is 5.21. The quantitative estimate of drug-likeness (QED) is 0.777. The summed E-state index contributed by atoms with van der Waals surface area (Å²) >= 11 is 3.30. The number of aromatic nitrogens is 1. The average molecular weight is 256 g/mol. The lowest BCUT2D eigenvalue weighted by molar-refractivity contribution is 0.460. The summed E-state index contributed by atoms with van der Waals surface area (Å²) in [6.07, 6.45) is 0. The van der Waals surface area contributed by atoms with Gasteiger partial charge in [-0.05, 0) is 24.6 Å². The van der Waals surface area contributed by atoms with E-state index in [1.54, 1.807) is 12.1 Å². The molecule has 0 saturated heterocycles. The molecule has 1 aromatic carbocycles. The van der Waals surface area contributed by atoms with Gasteiger partial charge < -0.3 is 4.42 Å². The molecular formula is C9H6BrNO3. The van der Waals surface area contributed by atoms with Gasteiger partial charge in [0.15, 0.2) is 0 Å². The van der Waals surface area contributed by atoms with Crippen LogP contribution in [0.2, 0.25) is 0 Å². The number of rotatable bonds is 0. The average Bonchev–Trinajstić information content (AvgIpc) is 2.08. The van der Waals surface area contributed by atoms with Crippen molar-refractivity contribution in [1.29, 1.82) is 0 Å². The van der Waals surface area contributed by atoms with Gasteiger partial charge in [-0.25, -0.2) is 9.59 Å². The first-order chi connectivity index (χ1) is 6.58. The molecule has 2 aromatic rings. The molecule has 0 spiro atoms. The first-order valence-electron chi connectivity index (χ1n) is 3.91. The molecule has 1 aromatic heterocycles. The molecule has 0 unspecified atom stereocenters. The molecular weight excluding hydrogens is 250 g/mol. The number of hydrogen-bond acceptors (Lipinski definition) is 3. The highest BCUT2D eigenvalue weighted by molar-refractivity contribution is 9.10. The Labute approximate surface area is 86.7 Å². The molecule has 0 fully saturated rings. The Morgan fingerprint density at radius 2 is 2.07 bits per heavy atom. The number of H-pyrrole nitrogens is 1. The minimum atomic E-state index is -0.732. The fraction of sp³-hybridized carbons (Fsp3) is 0.111. The summed E-state index contributed by atoms with van der Waals surface area (Å²) in [4.78, 5) is 24.6. The highest BCUT2D eigenvalue weighted by Crippen LogP contribution is 2.19. The molecule has 5 heteroatoms. The van der Waals surface area contributed by atoms with Crippen LogP contribution < -0.4 is 11.4 Å². The van der Waals surface area contributed by atoms with Gasteiger partial charge in [0.2, 0.25) is 0 Å². The maximum Gasteiger partial charge on any atom is 0.419 e. The van der Waals surface area contributed by atoms with Gasteiger partial charge in [0.05, 0.1) is 10.9 Å². The largest absolute Gasteiger partial charge is 0.419 e. The molecule has 0 saturated carbocycles. The molecule has 0 radical (unpaired) electrons. The number of benzene rings is 1. The van der Waals surface area contributed by atoms with Crippen molar-refractivity contribution in [1.82, 2.24) is 4.98 Å². The summed E-state index contributed by atoms with van der Waals surface area (Å²) in [7, 11) is 0. The van der Waals surface area contributed by atoms with Crippen LogP contribution in [0.5, 0.6) is 0 Å². The van der Waals surface area contributed by atoms with Crippen molar-refractivity contribution in [2.75, 3.05) is 0 Å². The van der Waals surface area contributed by atoms with Gasteiger partial charge in [-0.15, -0.1) is 0 Å². The summed E-state index contributed by atoms with van der Waals surface area (Å²) in [5.41, 5.74) is 0.815. The summed E-state index contributed by atoms with van der Waals surface area (Å²) in [6.45, 7) is 1.87. The van der Waals surface area contributed by atoms with Crippen LogP contribution >= 0.6 is 15.9 Å². The van der Waals surface area contributed by atoms with Gasteiger partial charge in [-0.3, -0.25) is 4.98 Å². The number of halogens is 1. The van der Waals surface area contributed by atoms with E-state index in [1.807, 2.05) is 6.92 Å². The molecule has 0 amide bonds. The molecule has 0 aliphatic heterocycles. The van der Waals surface area contributed by atoms with Crippen molar-refractivity contribution in [3.63, 3.8) is 0 Å². The standard InChI is InChI=1S/C9H6BrNO3/c1-4-2-7-5(3-6(4)10)8(12)14-9(13)11-7/h2-3H,1H3,(H,11,13). The van der Waals surface area contributed by atoms with E-state index < -0.39 is 11.4 Å². The molecule has 0 aliphatic rings. The highest BCUT2D eigenvalue weighted by atomic mass is 79.9. The monoisotopic (exact) mass is 255 g/mol. The topological polar surface area (TPSA) is 63.1 Å². The Balaban J connectivity index is 3.03. The zero-order valence-corrected chi connectivity index (χ0v) is 8.84. The lowest BCUT2D eigenvalue weighted by Gasteiger charge is -1.99. The first kappa shape index (κ1) is 9.21. The van der Waals surface area contributed by atoms with E-state index in [1.165, 1.54) is 0 Å². The number of fused-ring (bicyclic) bond motifs is 1. The van der Waals surface area contributed by atoms with Crippen LogP contribution in [-0.4, -0.2) is 4.98 Å². The summed E-state index contributed by atoms with van der Waals surface area (Å²) in [5, 5.41) is 0.363. The second-order valence-electron chi connectivity index (χ2n) is 2.95. The normalized spacial score (nSPS) is 10.7.